The van der Waals surface area contributed by atoms with Crippen LogP contribution in [0.5, 0.6) is 0 Å². The minimum absolute atomic E-state index is 0.0887. The maximum Gasteiger partial charge on any atom is 0.265 e. The van der Waals surface area contributed by atoms with Gasteiger partial charge in [-0.2, -0.15) is 5.26 Å². The summed E-state index contributed by atoms with van der Waals surface area (Å²) in [7, 11) is 0. The lowest BCUT2D eigenvalue weighted by atomic mass is 10.1. The molecule has 1 aromatic heterocycles. The summed E-state index contributed by atoms with van der Waals surface area (Å²) in [6, 6.07) is 17.8. The molecule has 2 aromatic carbocycles. The van der Waals surface area contributed by atoms with E-state index in [2.05, 4.69) is 5.32 Å². The summed E-state index contributed by atoms with van der Waals surface area (Å²) in [5.41, 5.74) is 0.997. The van der Waals surface area contributed by atoms with Crippen molar-refractivity contribution in [3.63, 3.8) is 0 Å². The fourth-order valence-corrected chi connectivity index (χ4v) is 4.88. The Balaban J connectivity index is 1.68. The lowest BCUT2D eigenvalue weighted by molar-refractivity contribution is -0.117. The number of thioether (sulfide) groups is 1. The summed E-state index contributed by atoms with van der Waals surface area (Å²) in [4.78, 5) is 27.5. The molecule has 4 rings (SSSR count). The molecule has 2 amide bonds. The molecule has 1 atom stereocenters. The van der Waals surface area contributed by atoms with Crippen molar-refractivity contribution in [1.29, 1.82) is 5.26 Å². The van der Waals surface area contributed by atoms with E-state index in [9.17, 15) is 19.2 Å². The van der Waals surface area contributed by atoms with Gasteiger partial charge < -0.3 is 9.73 Å². The average Bonchev–Trinajstić information content (AvgIpc) is 3.42. The first-order valence-corrected chi connectivity index (χ1v) is 11.2. The molecular weight excluding hydrogens is 465 g/mol. The molecule has 33 heavy (non-hydrogen) atoms. The number of anilines is 1. The molecule has 1 aliphatic rings. The molecule has 166 valence electrons. The molecule has 0 bridgehead atoms. The second-order valence-electron chi connectivity index (χ2n) is 7.14. The number of amides is 2. The maximum atomic E-state index is 13.5. The smallest absolute Gasteiger partial charge is 0.265 e. The lowest BCUT2D eigenvalue weighted by Crippen LogP contribution is -2.32. The van der Waals surface area contributed by atoms with Crippen molar-refractivity contribution >= 4 is 40.9 Å². The molecule has 0 spiro atoms. The van der Waals surface area contributed by atoms with Crippen LogP contribution in [-0.4, -0.2) is 17.1 Å². The van der Waals surface area contributed by atoms with Gasteiger partial charge in [0, 0.05) is 10.7 Å². The molecule has 1 N–H and O–H groups in total. The van der Waals surface area contributed by atoms with Gasteiger partial charge in [0.2, 0.25) is 5.91 Å². The first kappa shape index (κ1) is 22.6. The van der Waals surface area contributed by atoms with E-state index in [0.29, 0.717) is 22.9 Å². The highest BCUT2D eigenvalue weighted by atomic mass is 35.5. The summed E-state index contributed by atoms with van der Waals surface area (Å²) >= 11 is 7.20. The largest absolute Gasteiger partial charge is 0.467 e. The molecule has 2 heterocycles. The van der Waals surface area contributed by atoms with Crippen LogP contribution in [0.1, 0.15) is 11.3 Å². The van der Waals surface area contributed by atoms with E-state index in [4.69, 9.17) is 16.0 Å². The molecule has 1 fully saturated rings. The zero-order valence-electron chi connectivity index (χ0n) is 17.1. The van der Waals surface area contributed by atoms with Crippen LogP contribution in [0.25, 0.3) is 0 Å². The van der Waals surface area contributed by atoms with Crippen LogP contribution in [0.4, 0.5) is 10.1 Å². The van der Waals surface area contributed by atoms with E-state index < -0.39 is 17.0 Å². The Morgan fingerprint density at radius 3 is 2.67 bits per heavy atom. The van der Waals surface area contributed by atoms with Gasteiger partial charge in [-0.25, -0.2) is 4.39 Å². The van der Waals surface area contributed by atoms with Gasteiger partial charge in [0.05, 0.1) is 18.1 Å². The molecule has 0 radical (unpaired) electrons. The fraction of sp³-hybridized carbons (Fsp3) is 0.125. The standard InChI is InChI=1S/C24H17ClFN3O3S/c25-16-4-1-3-15(11-16)12-21-23(31)29(18-8-6-17(26)7-9-18)24(33-21)20(13-27)22(30)28-14-19-5-2-10-32-19/h1-11,21H,12,14H2,(H,28,30)/b24-20-/t21-/m0/s1. The quantitative estimate of drug-likeness (QED) is 0.403. The van der Waals surface area contributed by atoms with Crippen LogP contribution in [0.3, 0.4) is 0 Å². The van der Waals surface area contributed by atoms with E-state index in [-0.39, 0.29) is 23.1 Å². The molecule has 1 saturated heterocycles. The third kappa shape index (κ3) is 5.11. The molecule has 6 nitrogen and oxygen atoms in total. The maximum absolute atomic E-state index is 13.5. The molecule has 3 aromatic rings. The Hall–Kier alpha value is -3.54. The number of furan rings is 1. The van der Waals surface area contributed by atoms with Gasteiger partial charge in [-0.3, -0.25) is 14.5 Å². The van der Waals surface area contributed by atoms with Gasteiger partial charge in [0.15, 0.2) is 0 Å². The monoisotopic (exact) mass is 481 g/mol. The van der Waals surface area contributed by atoms with Crippen molar-refractivity contribution in [2.24, 2.45) is 0 Å². The van der Waals surface area contributed by atoms with E-state index >= 15 is 0 Å². The number of rotatable bonds is 6. The molecule has 1 aliphatic heterocycles. The highest BCUT2D eigenvalue weighted by Gasteiger charge is 2.40. The summed E-state index contributed by atoms with van der Waals surface area (Å²) in [6.07, 6.45) is 1.82. The number of nitrogens with zero attached hydrogens (tertiary/aromatic N) is 2. The van der Waals surface area contributed by atoms with Crippen LogP contribution in [0.15, 0.2) is 81.9 Å². The first-order chi connectivity index (χ1) is 16.0. The number of benzene rings is 2. The Labute approximate surface area is 198 Å². The van der Waals surface area contributed by atoms with Gasteiger partial charge in [0.1, 0.15) is 28.2 Å². The molecular formula is C24H17ClFN3O3S. The third-order valence-electron chi connectivity index (χ3n) is 4.90. The predicted molar refractivity (Wildman–Crippen MR) is 124 cm³/mol. The normalized spacial score (nSPS) is 17.1. The van der Waals surface area contributed by atoms with E-state index in [1.54, 1.807) is 30.3 Å². The van der Waals surface area contributed by atoms with Crippen LogP contribution in [0, 0.1) is 17.1 Å². The average molecular weight is 482 g/mol. The zero-order valence-corrected chi connectivity index (χ0v) is 18.7. The molecule has 0 unspecified atom stereocenters. The Morgan fingerprint density at radius 2 is 2.00 bits per heavy atom. The second kappa shape index (κ2) is 9.94. The highest BCUT2D eigenvalue weighted by molar-refractivity contribution is 8.05. The molecule has 9 heteroatoms. The fourth-order valence-electron chi connectivity index (χ4n) is 3.36. The van der Waals surface area contributed by atoms with Crippen LogP contribution in [-0.2, 0) is 22.6 Å². The lowest BCUT2D eigenvalue weighted by Gasteiger charge is -2.18. The van der Waals surface area contributed by atoms with Crippen molar-refractivity contribution in [2.45, 2.75) is 18.2 Å². The number of carbonyl (C=O) groups excluding carboxylic acids is 2. The predicted octanol–water partition coefficient (Wildman–Crippen LogP) is 4.81. The Bertz CT molecular complexity index is 1250. The zero-order chi connectivity index (χ0) is 23.4. The van der Waals surface area contributed by atoms with Crippen molar-refractivity contribution in [3.8, 4) is 6.07 Å². The van der Waals surface area contributed by atoms with Gasteiger partial charge in [-0.05, 0) is 60.5 Å². The van der Waals surface area contributed by atoms with Crippen molar-refractivity contribution in [3.05, 3.63) is 99.7 Å². The van der Waals surface area contributed by atoms with Gasteiger partial charge >= 0.3 is 0 Å². The topological polar surface area (TPSA) is 86.3 Å². The van der Waals surface area contributed by atoms with Crippen molar-refractivity contribution in [2.75, 3.05) is 4.90 Å². The van der Waals surface area contributed by atoms with Crippen LogP contribution >= 0.6 is 23.4 Å². The van der Waals surface area contributed by atoms with Gasteiger partial charge in [-0.15, -0.1) is 0 Å². The van der Waals surface area contributed by atoms with E-state index in [1.807, 2.05) is 12.1 Å². The van der Waals surface area contributed by atoms with Gasteiger partial charge in [0.25, 0.3) is 5.91 Å². The first-order valence-electron chi connectivity index (χ1n) is 9.92. The summed E-state index contributed by atoms with van der Waals surface area (Å²) in [6.45, 7) is 0.0887. The minimum atomic E-state index is -0.639. The second-order valence-corrected chi connectivity index (χ2v) is 8.77. The van der Waals surface area contributed by atoms with Crippen LogP contribution < -0.4 is 10.2 Å². The van der Waals surface area contributed by atoms with Gasteiger partial charge in [-0.1, -0.05) is 35.5 Å². The number of hydrogen-bond acceptors (Lipinski definition) is 5. The third-order valence-corrected chi connectivity index (χ3v) is 6.40. The van der Waals surface area contributed by atoms with Crippen LogP contribution in [0.2, 0.25) is 5.02 Å². The number of nitrogens with one attached hydrogen (secondary N) is 1. The summed E-state index contributed by atoms with van der Waals surface area (Å²) in [5, 5.41) is 12.6. The number of halogens is 2. The van der Waals surface area contributed by atoms with E-state index in [1.165, 1.54) is 35.4 Å². The number of carbonyl (C=O) groups is 2. The highest BCUT2D eigenvalue weighted by Crippen LogP contribution is 2.42. The van der Waals surface area contributed by atoms with Crippen molar-refractivity contribution in [1.82, 2.24) is 5.32 Å². The Morgan fingerprint density at radius 1 is 1.21 bits per heavy atom. The van der Waals surface area contributed by atoms with E-state index in [0.717, 1.165) is 17.3 Å². The van der Waals surface area contributed by atoms with Crippen molar-refractivity contribution < 1.29 is 18.4 Å². The molecule has 0 aliphatic carbocycles. The SMILES string of the molecule is N#C/C(C(=O)NCc1ccco1)=C1/S[C@@H](Cc2cccc(Cl)c2)C(=O)N1c1ccc(F)cc1. The summed E-state index contributed by atoms with van der Waals surface area (Å²) < 4.78 is 18.7. The minimum Gasteiger partial charge on any atom is -0.467 e. The molecule has 0 saturated carbocycles. The Kier molecular flexibility index (Phi) is 6.82. The summed E-state index contributed by atoms with van der Waals surface area (Å²) in [5.74, 6) is -0.890. The number of nitriles is 1. The number of hydrogen-bond donors (Lipinski definition) is 1.